The van der Waals surface area contributed by atoms with Crippen LogP contribution in [0.2, 0.25) is 0 Å². The molecule has 10 aromatic rings. The standard InChI is InChI=1S/C43H25N3S2/c1-2-11-30-26(9-1)10-7-14-31(30)27-19-21-28(22-20-27)41-44-42(29-23-24-38-35(25-29)32-12-3-5-16-36(32)47-38)46-43(45-41)34-15-8-18-39-40(34)33-13-4-6-17-37(33)48-39/h1-25H. The molecule has 3 heterocycles. The predicted octanol–water partition coefficient (Wildman–Crippen LogP) is 12.4. The first-order chi connectivity index (χ1) is 23.8. The average molecular weight is 648 g/mol. The number of rotatable bonds is 4. The van der Waals surface area contributed by atoms with Crippen LogP contribution >= 0.6 is 22.7 Å². The topological polar surface area (TPSA) is 38.7 Å². The first kappa shape index (κ1) is 27.4. The molecule has 0 bridgehead atoms. The van der Waals surface area contributed by atoms with E-state index < -0.39 is 0 Å². The maximum absolute atomic E-state index is 5.19. The minimum atomic E-state index is 0.659. The van der Waals surface area contributed by atoms with Crippen molar-refractivity contribution in [2.75, 3.05) is 0 Å². The van der Waals surface area contributed by atoms with Gasteiger partial charge in [0.05, 0.1) is 0 Å². The molecular weight excluding hydrogens is 623 g/mol. The maximum Gasteiger partial charge on any atom is 0.164 e. The molecule has 0 spiro atoms. The highest BCUT2D eigenvalue weighted by atomic mass is 32.1. The van der Waals surface area contributed by atoms with Crippen LogP contribution in [0, 0.1) is 0 Å². The van der Waals surface area contributed by atoms with Gasteiger partial charge in [-0.15, -0.1) is 22.7 Å². The lowest BCUT2D eigenvalue weighted by Gasteiger charge is -2.11. The van der Waals surface area contributed by atoms with E-state index in [4.69, 9.17) is 15.0 Å². The van der Waals surface area contributed by atoms with Crippen molar-refractivity contribution in [1.82, 2.24) is 15.0 Å². The number of benzene rings is 7. The van der Waals surface area contributed by atoms with Crippen molar-refractivity contribution in [3.05, 3.63) is 152 Å². The summed E-state index contributed by atoms with van der Waals surface area (Å²) in [6.45, 7) is 0. The molecular formula is C43H25N3S2. The SMILES string of the molecule is c1ccc2c(-c3ccc(-c4nc(-c5ccc6sc7ccccc7c6c5)nc(-c5cccc6sc7ccccc7c56)n4)cc3)cccc2c1. The van der Waals surface area contributed by atoms with Crippen LogP contribution < -0.4 is 0 Å². The van der Waals surface area contributed by atoms with Crippen molar-refractivity contribution >= 4 is 73.8 Å². The Bertz CT molecular complexity index is 2840. The van der Waals surface area contributed by atoms with Gasteiger partial charge >= 0.3 is 0 Å². The van der Waals surface area contributed by atoms with Crippen LogP contribution in [0.4, 0.5) is 0 Å². The molecule has 0 fully saturated rings. The van der Waals surface area contributed by atoms with Crippen LogP contribution in [0.1, 0.15) is 0 Å². The van der Waals surface area contributed by atoms with Gasteiger partial charge in [-0.3, -0.25) is 0 Å². The molecule has 5 heteroatoms. The molecule has 0 saturated heterocycles. The molecule has 0 unspecified atom stereocenters. The molecule has 0 saturated carbocycles. The molecule has 48 heavy (non-hydrogen) atoms. The molecule has 3 aromatic heterocycles. The van der Waals surface area contributed by atoms with Crippen LogP contribution in [0.3, 0.4) is 0 Å². The predicted molar refractivity (Wildman–Crippen MR) is 205 cm³/mol. The van der Waals surface area contributed by atoms with Gasteiger partial charge in [-0.25, -0.2) is 15.0 Å². The zero-order chi connectivity index (χ0) is 31.6. The maximum atomic E-state index is 5.19. The Hall–Kier alpha value is -5.75. The number of hydrogen-bond donors (Lipinski definition) is 0. The van der Waals surface area contributed by atoms with E-state index in [1.165, 1.54) is 56.7 Å². The minimum absolute atomic E-state index is 0.659. The van der Waals surface area contributed by atoms with Gasteiger partial charge in [-0.05, 0) is 58.3 Å². The van der Waals surface area contributed by atoms with Crippen molar-refractivity contribution in [2.24, 2.45) is 0 Å². The van der Waals surface area contributed by atoms with Gasteiger partial charge in [0, 0.05) is 57.0 Å². The van der Waals surface area contributed by atoms with Gasteiger partial charge in [0.25, 0.3) is 0 Å². The van der Waals surface area contributed by atoms with Crippen LogP contribution in [-0.4, -0.2) is 15.0 Å². The normalized spacial score (nSPS) is 11.8. The molecule has 3 nitrogen and oxygen atoms in total. The Morgan fingerprint density at radius 2 is 0.875 bits per heavy atom. The Morgan fingerprint density at radius 1 is 0.333 bits per heavy atom. The fraction of sp³-hybridized carbons (Fsp3) is 0. The molecule has 0 aliphatic carbocycles. The molecule has 0 aliphatic heterocycles. The summed E-state index contributed by atoms with van der Waals surface area (Å²) < 4.78 is 5.02. The second kappa shape index (κ2) is 10.9. The van der Waals surface area contributed by atoms with E-state index in [-0.39, 0.29) is 0 Å². The summed E-state index contributed by atoms with van der Waals surface area (Å²) in [6.07, 6.45) is 0. The molecule has 224 valence electrons. The number of thiophene rings is 2. The quantitative estimate of drug-likeness (QED) is 0.191. The first-order valence-electron chi connectivity index (χ1n) is 15.9. The molecule has 0 radical (unpaired) electrons. The van der Waals surface area contributed by atoms with Gasteiger partial charge < -0.3 is 0 Å². The second-order valence-corrected chi connectivity index (χ2v) is 14.2. The Balaban J connectivity index is 1.17. The third-order valence-corrected chi connectivity index (χ3v) is 11.4. The average Bonchev–Trinajstić information content (AvgIpc) is 3.73. The highest BCUT2D eigenvalue weighted by Gasteiger charge is 2.18. The summed E-state index contributed by atoms with van der Waals surface area (Å²) in [5, 5.41) is 7.37. The number of aromatic nitrogens is 3. The molecule has 0 amide bonds. The lowest BCUT2D eigenvalue weighted by Crippen LogP contribution is -2.00. The Labute approximate surface area is 284 Å². The van der Waals surface area contributed by atoms with Crippen LogP contribution in [0.5, 0.6) is 0 Å². The fourth-order valence-electron chi connectivity index (χ4n) is 6.86. The summed E-state index contributed by atoms with van der Waals surface area (Å²) >= 11 is 3.62. The van der Waals surface area contributed by atoms with E-state index in [2.05, 4.69) is 152 Å². The largest absolute Gasteiger partial charge is 0.208 e. The third kappa shape index (κ3) is 4.43. The van der Waals surface area contributed by atoms with Crippen molar-refractivity contribution in [2.45, 2.75) is 0 Å². The van der Waals surface area contributed by atoms with Crippen molar-refractivity contribution < 1.29 is 0 Å². The van der Waals surface area contributed by atoms with Gasteiger partial charge in [-0.1, -0.05) is 115 Å². The zero-order valence-electron chi connectivity index (χ0n) is 25.6. The summed E-state index contributed by atoms with van der Waals surface area (Å²) in [6, 6.07) is 53.8. The van der Waals surface area contributed by atoms with Crippen molar-refractivity contribution in [3.8, 4) is 45.3 Å². The highest BCUT2D eigenvalue weighted by Crippen LogP contribution is 2.41. The fourth-order valence-corrected chi connectivity index (χ4v) is 9.08. The van der Waals surface area contributed by atoms with E-state index in [1.807, 2.05) is 11.3 Å². The zero-order valence-corrected chi connectivity index (χ0v) is 27.2. The number of hydrogen-bond acceptors (Lipinski definition) is 5. The summed E-state index contributed by atoms with van der Waals surface area (Å²) in [4.78, 5) is 15.5. The van der Waals surface area contributed by atoms with E-state index in [0.717, 1.165) is 22.3 Å². The molecule has 0 N–H and O–H groups in total. The molecule has 10 rings (SSSR count). The van der Waals surface area contributed by atoms with Gasteiger partial charge in [0.15, 0.2) is 17.5 Å². The van der Waals surface area contributed by atoms with Crippen LogP contribution in [0.25, 0.3) is 96.4 Å². The first-order valence-corrected chi connectivity index (χ1v) is 17.6. The van der Waals surface area contributed by atoms with Crippen LogP contribution in [-0.2, 0) is 0 Å². The molecule has 7 aromatic carbocycles. The van der Waals surface area contributed by atoms with Crippen molar-refractivity contribution in [1.29, 1.82) is 0 Å². The van der Waals surface area contributed by atoms with E-state index in [1.54, 1.807) is 11.3 Å². The monoisotopic (exact) mass is 647 g/mol. The van der Waals surface area contributed by atoms with E-state index >= 15 is 0 Å². The Morgan fingerprint density at radius 3 is 1.73 bits per heavy atom. The number of fused-ring (bicyclic) bond motifs is 7. The molecule has 0 atom stereocenters. The van der Waals surface area contributed by atoms with Gasteiger partial charge in [-0.2, -0.15) is 0 Å². The van der Waals surface area contributed by atoms with Crippen molar-refractivity contribution in [3.63, 3.8) is 0 Å². The second-order valence-electron chi connectivity index (χ2n) is 12.0. The van der Waals surface area contributed by atoms with Gasteiger partial charge in [0.2, 0.25) is 0 Å². The van der Waals surface area contributed by atoms with Gasteiger partial charge in [0.1, 0.15) is 0 Å². The van der Waals surface area contributed by atoms with Crippen LogP contribution in [0.15, 0.2) is 152 Å². The smallest absolute Gasteiger partial charge is 0.164 e. The molecule has 0 aliphatic rings. The third-order valence-electron chi connectivity index (χ3n) is 9.16. The summed E-state index contributed by atoms with van der Waals surface area (Å²) in [7, 11) is 0. The highest BCUT2D eigenvalue weighted by molar-refractivity contribution is 7.26. The van der Waals surface area contributed by atoms with E-state index in [9.17, 15) is 0 Å². The summed E-state index contributed by atoms with van der Waals surface area (Å²) in [5.41, 5.74) is 5.32. The minimum Gasteiger partial charge on any atom is -0.208 e. The lowest BCUT2D eigenvalue weighted by atomic mass is 9.97. The lowest BCUT2D eigenvalue weighted by molar-refractivity contribution is 1.08. The Kier molecular flexibility index (Phi) is 6.22. The number of nitrogens with zero attached hydrogens (tertiary/aromatic N) is 3. The summed E-state index contributed by atoms with van der Waals surface area (Å²) in [5.74, 6) is 2.01. The van der Waals surface area contributed by atoms with E-state index in [0.29, 0.717) is 17.5 Å².